The zero-order valence-corrected chi connectivity index (χ0v) is 14.3. The second-order valence-electron chi connectivity index (χ2n) is 5.91. The number of hydrogen-bond donors (Lipinski definition) is 2. The summed E-state index contributed by atoms with van der Waals surface area (Å²) in [4.78, 5) is 12.2. The summed E-state index contributed by atoms with van der Waals surface area (Å²) in [5.41, 5.74) is 3.78. The van der Waals surface area contributed by atoms with Gasteiger partial charge in [-0.1, -0.05) is 41.9 Å². The van der Waals surface area contributed by atoms with Crippen molar-refractivity contribution in [3.8, 4) is 17.0 Å². The van der Waals surface area contributed by atoms with Crippen LogP contribution in [0.25, 0.3) is 11.3 Å². The van der Waals surface area contributed by atoms with Crippen molar-refractivity contribution in [3.05, 3.63) is 64.7 Å². The lowest BCUT2D eigenvalue weighted by Crippen LogP contribution is -2.23. The number of ether oxygens (including phenoxy) is 1. The van der Waals surface area contributed by atoms with Crippen molar-refractivity contribution >= 4 is 23.3 Å². The normalized spacial score (nSPS) is 16.2. The van der Waals surface area contributed by atoms with Gasteiger partial charge in [0.05, 0.1) is 12.8 Å². The number of rotatable bonds is 3. The van der Waals surface area contributed by atoms with Crippen LogP contribution in [-0.2, 0) is 4.79 Å². The van der Waals surface area contributed by atoms with Gasteiger partial charge in [-0.3, -0.25) is 9.89 Å². The van der Waals surface area contributed by atoms with Crippen molar-refractivity contribution in [1.82, 2.24) is 10.2 Å². The lowest BCUT2D eigenvalue weighted by Gasteiger charge is -2.25. The number of anilines is 1. The van der Waals surface area contributed by atoms with Gasteiger partial charge in [0.15, 0.2) is 5.82 Å². The van der Waals surface area contributed by atoms with Crippen molar-refractivity contribution in [2.24, 2.45) is 0 Å². The summed E-state index contributed by atoms with van der Waals surface area (Å²) in [6, 6.07) is 15.3. The van der Waals surface area contributed by atoms with Crippen LogP contribution >= 0.6 is 11.6 Å². The molecule has 4 rings (SSSR count). The molecular weight excluding hydrogens is 338 g/mol. The standard InChI is InChI=1S/C19H16ClN3O2/c1-25-15-5-3-2-4-13(15)14-10-16(24)21-19-17(14)18(22-23-19)11-6-8-12(20)9-7-11/h2-9,14H,10H2,1H3,(H2,21,22,23,24). The number of H-pyrrole nitrogens is 1. The highest BCUT2D eigenvalue weighted by Crippen LogP contribution is 2.44. The summed E-state index contributed by atoms with van der Waals surface area (Å²) in [5.74, 6) is 1.13. The van der Waals surface area contributed by atoms with Crippen LogP contribution in [0.2, 0.25) is 5.02 Å². The number of para-hydroxylation sites is 1. The number of hydrogen-bond acceptors (Lipinski definition) is 3. The molecule has 1 amide bonds. The third-order valence-corrected chi connectivity index (χ3v) is 4.70. The summed E-state index contributed by atoms with van der Waals surface area (Å²) in [6.07, 6.45) is 0.341. The van der Waals surface area contributed by atoms with Crippen molar-refractivity contribution in [2.75, 3.05) is 12.4 Å². The molecule has 0 bridgehead atoms. The minimum Gasteiger partial charge on any atom is -0.496 e. The zero-order valence-electron chi connectivity index (χ0n) is 13.5. The van der Waals surface area contributed by atoms with Crippen LogP contribution in [0.3, 0.4) is 0 Å². The van der Waals surface area contributed by atoms with E-state index in [-0.39, 0.29) is 11.8 Å². The molecule has 6 heteroatoms. The van der Waals surface area contributed by atoms with E-state index in [0.717, 1.165) is 28.1 Å². The van der Waals surface area contributed by atoms with E-state index in [1.165, 1.54) is 0 Å². The lowest BCUT2D eigenvalue weighted by atomic mass is 9.84. The molecule has 0 radical (unpaired) electrons. The molecular formula is C19H16ClN3O2. The van der Waals surface area contributed by atoms with Crippen molar-refractivity contribution in [2.45, 2.75) is 12.3 Å². The van der Waals surface area contributed by atoms with Gasteiger partial charge in [0.25, 0.3) is 0 Å². The Bertz CT molecular complexity index is 934. The summed E-state index contributed by atoms with van der Waals surface area (Å²) in [5, 5.41) is 10.9. The van der Waals surface area contributed by atoms with Crippen LogP contribution in [0.1, 0.15) is 23.5 Å². The maximum Gasteiger partial charge on any atom is 0.226 e. The maximum absolute atomic E-state index is 12.2. The Balaban J connectivity index is 1.88. The first-order valence-electron chi connectivity index (χ1n) is 7.94. The highest BCUT2D eigenvalue weighted by atomic mass is 35.5. The topological polar surface area (TPSA) is 67.0 Å². The van der Waals surface area contributed by atoms with Crippen LogP contribution in [0, 0.1) is 0 Å². The summed E-state index contributed by atoms with van der Waals surface area (Å²) in [6.45, 7) is 0. The zero-order chi connectivity index (χ0) is 17.4. The van der Waals surface area contributed by atoms with E-state index in [4.69, 9.17) is 16.3 Å². The van der Waals surface area contributed by atoms with E-state index in [9.17, 15) is 4.79 Å². The van der Waals surface area contributed by atoms with Crippen LogP contribution in [0.5, 0.6) is 5.75 Å². The van der Waals surface area contributed by atoms with Gasteiger partial charge in [-0.05, 0) is 18.2 Å². The molecule has 25 heavy (non-hydrogen) atoms. The number of fused-ring (bicyclic) bond motifs is 1. The number of carbonyl (C=O) groups excluding carboxylic acids is 1. The number of benzene rings is 2. The van der Waals surface area contributed by atoms with Crippen LogP contribution < -0.4 is 10.1 Å². The fourth-order valence-corrected chi connectivity index (χ4v) is 3.44. The van der Waals surface area contributed by atoms with Gasteiger partial charge >= 0.3 is 0 Å². The molecule has 1 aromatic heterocycles. The predicted molar refractivity (Wildman–Crippen MR) is 97.1 cm³/mol. The fraction of sp³-hybridized carbons (Fsp3) is 0.158. The maximum atomic E-state index is 12.2. The number of nitrogens with one attached hydrogen (secondary N) is 2. The molecule has 5 nitrogen and oxygen atoms in total. The first-order valence-corrected chi connectivity index (χ1v) is 8.32. The Kier molecular flexibility index (Phi) is 3.93. The van der Waals surface area contributed by atoms with E-state index < -0.39 is 0 Å². The molecule has 0 saturated heterocycles. The number of halogens is 1. The molecule has 0 spiro atoms. The van der Waals surface area contributed by atoms with Crippen LogP contribution in [-0.4, -0.2) is 23.2 Å². The average molecular weight is 354 g/mol. The van der Waals surface area contributed by atoms with E-state index in [0.29, 0.717) is 17.3 Å². The van der Waals surface area contributed by atoms with Gasteiger partial charge in [0.1, 0.15) is 5.75 Å². The van der Waals surface area contributed by atoms with Crippen LogP contribution in [0.4, 0.5) is 5.82 Å². The summed E-state index contributed by atoms with van der Waals surface area (Å²) in [7, 11) is 1.64. The third kappa shape index (κ3) is 2.76. The van der Waals surface area contributed by atoms with E-state index in [1.807, 2.05) is 48.5 Å². The lowest BCUT2D eigenvalue weighted by molar-refractivity contribution is -0.116. The fourth-order valence-electron chi connectivity index (χ4n) is 3.31. The van der Waals surface area contributed by atoms with Gasteiger partial charge in [0.2, 0.25) is 5.91 Å². The minimum absolute atomic E-state index is 0.0578. The van der Waals surface area contributed by atoms with Gasteiger partial charge < -0.3 is 10.1 Å². The number of amides is 1. The molecule has 1 atom stereocenters. The van der Waals surface area contributed by atoms with Gasteiger partial charge in [-0.25, -0.2) is 0 Å². The molecule has 0 fully saturated rings. The van der Waals surface area contributed by atoms with E-state index in [1.54, 1.807) is 7.11 Å². The first-order chi connectivity index (χ1) is 12.2. The number of nitrogens with zero attached hydrogens (tertiary/aromatic N) is 1. The second-order valence-corrected chi connectivity index (χ2v) is 6.35. The number of aromatic amines is 1. The monoisotopic (exact) mass is 353 g/mol. The first kappa shape index (κ1) is 15.7. The Morgan fingerprint density at radius 1 is 1.16 bits per heavy atom. The van der Waals surface area contributed by atoms with Gasteiger partial charge in [0, 0.05) is 34.1 Å². The van der Waals surface area contributed by atoms with Crippen molar-refractivity contribution in [1.29, 1.82) is 0 Å². The molecule has 0 aliphatic carbocycles. The quantitative estimate of drug-likeness (QED) is 0.741. The predicted octanol–water partition coefficient (Wildman–Crippen LogP) is 4.21. The molecule has 3 aromatic rings. The number of aromatic nitrogens is 2. The Labute approximate surface area is 150 Å². The molecule has 2 aromatic carbocycles. The third-order valence-electron chi connectivity index (χ3n) is 4.45. The van der Waals surface area contributed by atoms with Crippen molar-refractivity contribution < 1.29 is 9.53 Å². The van der Waals surface area contributed by atoms with Crippen molar-refractivity contribution in [3.63, 3.8) is 0 Å². The molecule has 1 unspecified atom stereocenters. The summed E-state index contributed by atoms with van der Waals surface area (Å²) < 4.78 is 5.51. The summed E-state index contributed by atoms with van der Waals surface area (Å²) >= 11 is 6.00. The molecule has 2 N–H and O–H groups in total. The van der Waals surface area contributed by atoms with Crippen LogP contribution in [0.15, 0.2) is 48.5 Å². The average Bonchev–Trinajstić information content (AvgIpc) is 3.05. The molecule has 1 aliphatic rings. The molecule has 126 valence electrons. The Morgan fingerprint density at radius 3 is 2.68 bits per heavy atom. The largest absolute Gasteiger partial charge is 0.496 e. The van der Waals surface area contributed by atoms with E-state index in [2.05, 4.69) is 15.5 Å². The molecule has 1 aliphatic heterocycles. The number of methoxy groups -OCH3 is 1. The number of carbonyl (C=O) groups is 1. The van der Waals surface area contributed by atoms with E-state index >= 15 is 0 Å². The smallest absolute Gasteiger partial charge is 0.226 e. The SMILES string of the molecule is COc1ccccc1C1CC(=O)Nc2n[nH]c(-c3ccc(Cl)cc3)c21. The van der Waals surface area contributed by atoms with Gasteiger partial charge in [-0.2, -0.15) is 5.10 Å². The highest BCUT2D eigenvalue weighted by Gasteiger charge is 2.33. The minimum atomic E-state index is -0.135. The molecule has 0 saturated carbocycles. The highest BCUT2D eigenvalue weighted by molar-refractivity contribution is 6.30. The Morgan fingerprint density at radius 2 is 1.92 bits per heavy atom. The molecule has 2 heterocycles. The Hall–Kier alpha value is -2.79. The van der Waals surface area contributed by atoms with Gasteiger partial charge in [-0.15, -0.1) is 0 Å². The second kappa shape index (κ2) is 6.26.